The van der Waals surface area contributed by atoms with Gasteiger partial charge in [-0.3, -0.25) is 9.88 Å². The average Bonchev–Trinajstić information content (AvgIpc) is 2.67. The lowest BCUT2D eigenvalue weighted by atomic mass is 10.1. The standard InChI is InChI=1S/C22H24ClN3O/c1-15-13-24-20-12-17(23)5-7-19(20)22(15)25-18-6-8-21(27)16(11-18)14-26-9-3-2-4-10-26/h5-8,11-13,27H,2-4,9-10,14H2,1H3,(H,24,25). The second-order valence-corrected chi connectivity index (χ2v) is 7.72. The molecule has 2 heterocycles. The Balaban J connectivity index is 1.64. The fourth-order valence-electron chi connectivity index (χ4n) is 3.72. The van der Waals surface area contributed by atoms with Crippen LogP contribution in [0.15, 0.2) is 42.6 Å². The van der Waals surface area contributed by atoms with Crippen molar-refractivity contribution in [2.45, 2.75) is 32.7 Å². The highest BCUT2D eigenvalue weighted by Crippen LogP contribution is 2.32. The van der Waals surface area contributed by atoms with Gasteiger partial charge in [-0.15, -0.1) is 0 Å². The number of hydrogen-bond donors (Lipinski definition) is 2. The molecule has 4 nitrogen and oxygen atoms in total. The van der Waals surface area contributed by atoms with Crippen LogP contribution in [-0.4, -0.2) is 28.1 Å². The molecule has 1 fully saturated rings. The van der Waals surface area contributed by atoms with Gasteiger partial charge >= 0.3 is 0 Å². The maximum Gasteiger partial charge on any atom is 0.120 e. The Hall–Kier alpha value is -2.30. The normalized spacial score (nSPS) is 15.2. The molecule has 140 valence electrons. The molecule has 1 aliphatic heterocycles. The number of nitrogens with one attached hydrogen (secondary N) is 1. The molecule has 2 aromatic carbocycles. The molecule has 0 radical (unpaired) electrons. The van der Waals surface area contributed by atoms with E-state index in [0.717, 1.165) is 53.0 Å². The fraction of sp³-hybridized carbons (Fsp3) is 0.318. The second-order valence-electron chi connectivity index (χ2n) is 7.28. The van der Waals surface area contributed by atoms with Gasteiger partial charge in [-0.2, -0.15) is 0 Å². The predicted octanol–water partition coefficient (Wildman–Crippen LogP) is 5.63. The van der Waals surface area contributed by atoms with E-state index in [0.29, 0.717) is 10.8 Å². The quantitative estimate of drug-likeness (QED) is 0.575. The zero-order valence-electron chi connectivity index (χ0n) is 15.5. The van der Waals surface area contributed by atoms with Crippen molar-refractivity contribution in [3.05, 3.63) is 58.7 Å². The summed E-state index contributed by atoms with van der Waals surface area (Å²) in [7, 11) is 0. The predicted molar refractivity (Wildman–Crippen MR) is 112 cm³/mol. The van der Waals surface area contributed by atoms with Crippen molar-refractivity contribution in [1.29, 1.82) is 0 Å². The largest absolute Gasteiger partial charge is 0.508 e. The van der Waals surface area contributed by atoms with Crippen LogP contribution in [0.25, 0.3) is 10.9 Å². The molecule has 2 N–H and O–H groups in total. The van der Waals surface area contributed by atoms with Crippen molar-refractivity contribution >= 4 is 33.9 Å². The SMILES string of the molecule is Cc1cnc2cc(Cl)ccc2c1Nc1ccc(O)c(CN2CCCCC2)c1. The molecule has 0 unspecified atom stereocenters. The summed E-state index contributed by atoms with van der Waals surface area (Å²) in [6.45, 7) is 5.03. The number of aromatic hydroxyl groups is 1. The topological polar surface area (TPSA) is 48.4 Å². The smallest absolute Gasteiger partial charge is 0.120 e. The van der Waals surface area contributed by atoms with Crippen molar-refractivity contribution in [3.63, 3.8) is 0 Å². The van der Waals surface area contributed by atoms with Gasteiger partial charge in [-0.05, 0) is 74.8 Å². The first kappa shape index (κ1) is 18.1. The lowest BCUT2D eigenvalue weighted by Crippen LogP contribution is -2.29. The number of anilines is 2. The van der Waals surface area contributed by atoms with E-state index in [-0.39, 0.29) is 0 Å². The molecule has 4 rings (SSSR count). The molecule has 0 saturated carbocycles. The van der Waals surface area contributed by atoms with Gasteiger partial charge in [0.1, 0.15) is 5.75 Å². The number of piperidine rings is 1. The lowest BCUT2D eigenvalue weighted by Gasteiger charge is -2.27. The summed E-state index contributed by atoms with van der Waals surface area (Å²) in [5, 5.41) is 15.5. The molecule has 27 heavy (non-hydrogen) atoms. The molecule has 1 saturated heterocycles. The Morgan fingerprint density at radius 2 is 1.93 bits per heavy atom. The van der Waals surface area contributed by atoms with Gasteiger partial charge < -0.3 is 10.4 Å². The highest BCUT2D eigenvalue weighted by atomic mass is 35.5. The Morgan fingerprint density at radius 3 is 2.74 bits per heavy atom. The van der Waals surface area contributed by atoms with Crippen LogP contribution in [0.5, 0.6) is 5.75 Å². The zero-order valence-corrected chi connectivity index (χ0v) is 16.3. The molecule has 1 aromatic heterocycles. The minimum atomic E-state index is 0.356. The van der Waals surface area contributed by atoms with Crippen LogP contribution in [0.2, 0.25) is 5.02 Å². The molecule has 3 aromatic rings. The summed E-state index contributed by atoms with van der Waals surface area (Å²) in [6.07, 6.45) is 5.64. The van der Waals surface area contributed by atoms with Crippen LogP contribution < -0.4 is 5.32 Å². The molecule has 0 atom stereocenters. The first-order valence-corrected chi connectivity index (χ1v) is 9.84. The number of fused-ring (bicyclic) bond motifs is 1. The zero-order chi connectivity index (χ0) is 18.8. The Labute approximate surface area is 164 Å². The maximum atomic E-state index is 10.3. The maximum absolute atomic E-state index is 10.3. The van der Waals surface area contributed by atoms with Crippen LogP contribution in [0.4, 0.5) is 11.4 Å². The number of hydrogen-bond acceptors (Lipinski definition) is 4. The van der Waals surface area contributed by atoms with E-state index in [2.05, 4.69) is 15.2 Å². The van der Waals surface area contributed by atoms with Crippen LogP contribution in [0.1, 0.15) is 30.4 Å². The minimum absolute atomic E-state index is 0.356. The minimum Gasteiger partial charge on any atom is -0.508 e. The summed E-state index contributed by atoms with van der Waals surface area (Å²) in [5.41, 5.74) is 4.87. The Kier molecular flexibility index (Phi) is 5.19. The molecule has 5 heteroatoms. The number of likely N-dealkylation sites (tertiary alicyclic amines) is 1. The van der Waals surface area contributed by atoms with Crippen LogP contribution in [-0.2, 0) is 6.54 Å². The third-order valence-corrected chi connectivity index (χ3v) is 5.45. The first-order valence-electron chi connectivity index (χ1n) is 9.46. The van der Waals surface area contributed by atoms with E-state index in [1.807, 2.05) is 43.5 Å². The number of benzene rings is 2. The number of pyridine rings is 1. The summed E-state index contributed by atoms with van der Waals surface area (Å²) in [6, 6.07) is 11.5. The van der Waals surface area contributed by atoms with Crippen LogP contribution in [0, 0.1) is 6.92 Å². The van der Waals surface area contributed by atoms with Crippen molar-refractivity contribution in [1.82, 2.24) is 9.88 Å². The fourth-order valence-corrected chi connectivity index (χ4v) is 3.89. The van der Waals surface area contributed by atoms with E-state index in [9.17, 15) is 5.11 Å². The van der Waals surface area contributed by atoms with E-state index < -0.39 is 0 Å². The molecule has 0 spiro atoms. The number of nitrogens with zero attached hydrogens (tertiary/aromatic N) is 2. The van der Waals surface area contributed by atoms with Gasteiger partial charge in [-0.25, -0.2) is 0 Å². The number of aromatic nitrogens is 1. The van der Waals surface area contributed by atoms with Crippen molar-refractivity contribution in [2.75, 3.05) is 18.4 Å². The molecule has 0 amide bonds. The molecular weight excluding hydrogens is 358 g/mol. The van der Waals surface area contributed by atoms with E-state index >= 15 is 0 Å². The number of halogens is 1. The van der Waals surface area contributed by atoms with Crippen LogP contribution in [0.3, 0.4) is 0 Å². The number of aryl methyl sites for hydroxylation is 1. The summed E-state index contributed by atoms with van der Waals surface area (Å²) in [5.74, 6) is 0.356. The van der Waals surface area contributed by atoms with Gasteiger partial charge in [0.15, 0.2) is 0 Å². The number of rotatable bonds is 4. The monoisotopic (exact) mass is 381 g/mol. The molecule has 0 bridgehead atoms. The van der Waals surface area contributed by atoms with Crippen molar-refractivity contribution in [3.8, 4) is 5.75 Å². The lowest BCUT2D eigenvalue weighted by molar-refractivity contribution is 0.218. The molecule has 0 aliphatic carbocycles. The van der Waals surface area contributed by atoms with Crippen molar-refractivity contribution in [2.24, 2.45) is 0 Å². The highest BCUT2D eigenvalue weighted by molar-refractivity contribution is 6.31. The van der Waals surface area contributed by atoms with Gasteiger partial charge in [0, 0.05) is 34.4 Å². The number of phenolic OH excluding ortho intramolecular Hbond substituents is 1. The van der Waals surface area contributed by atoms with Gasteiger partial charge in [0.05, 0.1) is 11.2 Å². The summed E-state index contributed by atoms with van der Waals surface area (Å²) < 4.78 is 0. The van der Waals surface area contributed by atoms with Gasteiger partial charge in [-0.1, -0.05) is 18.0 Å². The first-order chi connectivity index (χ1) is 13.1. The summed E-state index contributed by atoms with van der Waals surface area (Å²) in [4.78, 5) is 6.90. The van der Waals surface area contributed by atoms with E-state index in [4.69, 9.17) is 11.6 Å². The van der Waals surface area contributed by atoms with E-state index in [1.54, 1.807) is 6.07 Å². The number of phenols is 1. The molecule has 1 aliphatic rings. The van der Waals surface area contributed by atoms with Gasteiger partial charge in [0.25, 0.3) is 0 Å². The average molecular weight is 382 g/mol. The third kappa shape index (κ3) is 4.02. The van der Waals surface area contributed by atoms with Crippen molar-refractivity contribution < 1.29 is 5.11 Å². The highest BCUT2D eigenvalue weighted by Gasteiger charge is 2.14. The van der Waals surface area contributed by atoms with Crippen LogP contribution >= 0.6 is 11.6 Å². The summed E-state index contributed by atoms with van der Waals surface area (Å²) >= 11 is 6.11. The molecular formula is C22H24ClN3O. The second kappa shape index (κ2) is 7.75. The van der Waals surface area contributed by atoms with Gasteiger partial charge in [0.2, 0.25) is 0 Å². The third-order valence-electron chi connectivity index (χ3n) is 5.21. The van der Waals surface area contributed by atoms with E-state index in [1.165, 1.54) is 19.3 Å². The Morgan fingerprint density at radius 1 is 1.11 bits per heavy atom. The Bertz CT molecular complexity index is 967.